The summed E-state index contributed by atoms with van der Waals surface area (Å²) in [7, 11) is 1.58. The Kier molecular flexibility index (Phi) is 5.10. The van der Waals surface area contributed by atoms with Gasteiger partial charge in [0.1, 0.15) is 17.6 Å². The first kappa shape index (κ1) is 17.5. The fourth-order valence-electron chi connectivity index (χ4n) is 2.90. The second-order valence-electron chi connectivity index (χ2n) is 5.83. The quantitative estimate of drug-likeness (QED) is 0.877. The van der Waals surface area contributed by atoms with E-state index < -0.39 is 11.9 Å². The molecule has 1 fully saturated rings. The fraction of sp³-hybridized carbons (Fsp3) is 0.353. The second kappa shape index (κ2) is 7.28. The van der Waals surface area contributed by atoms with Gasteiger partial charge in [0, 0.05) is 25.4 Å². The zero-order chi connectivity index (χ0) is 18.0. The lowest BCUT2D eigenvalue weighted by atomic mass is 10.2. The summed E-state index contributed by atoms with van der Waals surface area (Å²) in [6.45, 7) is 0.841. The average molecular weight is 362 g/mol. The molecular weight excluding hydrogens is 343 g/mol. The van der Waals surface area contributed by atoms with E-state index in [-0.39, 0.29) is 17.5 Å². The molecule has 6 nitrogen and oxygen atoms in total. The maximum Gasteiger partial charge on any atom is 0.273 e. The molecule has 1 aliphatic rings. The Balaban J connectivity index is 1.74. The molecule has 0 spiro atoms. The highest BCUT2D eigenvalue weighted by molar-refractivity contribution is 7.09. The van der Waals surface area contributed by atoms with Crippen LogP contribution in [0.4, 0.5) is 10.1 Å². The first-order chi connectivity index (χ1) is 12.0. The van der Waals surface area contributed by atoms with Gasteiger partial charge < -0.3 is 15.5 Å². The van der Waals surface area contributed by atoms with Crippen LogP contribution in [0, 0.1) is 5.82 Å². The smallest absolute Gasteiger partial charge is 0.273 e. The molecule has 3 rings (SSSR count). The summed E-state index contributed by atoms with van der Waals surface area (Å²) in [6, 6.07) is 5.53. The number of hydrogen-bond donors (Lipinski definition) is 1. The van der Waals surface area contributed by atoms with Gasteiger partial charge in [0.2, 0.25) is 5.91 Å². The van der Waals surface area contributed by atoms with Crippen molar-refractivity contribution in [2.75, 3.05) is 25.0 Å². The van der Waals surface area contributed by atoms with Crippen molar-refractivity contribution >= 4 is 28.8 Å². The molecule has 2 heterocycles. The van der Waals surface area contributed by atoms with Crippen LogP contribution in [-0.4, -0.2) is 47.9 Å². The SMILES string of the molecule is CN(C(=O)c1csc(CCN)n1)C1CCN(c2ccccc2F)C1=O. The van der Waals surface area contributed by atoms with Gasteiger partial charge in [-0.25, -0.2) is 9.37 Å². The molecule has 0 bridgehead atoms. The Hall–Kier alpha value is -2.32. The number of halogens is 1. The summed E-state index contributed by atoms with van der Waals surface area (Å²) in [5.74, 6) is -1.04. The number of thiazole rings is 1. The Morgan fingerprint density at radius 3 is 2.96 bits per heavy atom. The molecule has 1 aromatic carbocycles. The Morgan fingerprint density at radius 1 is 1.48 bits per heavy atom. The lowest BCUT2D eigenvalue weighted by Gasteiger charge is -2.23. The third-order valence-electron chi connectivity index (χ3n) is 4.24. The van der Waals surface area contributed by atoms with Gasteiger partial charge in [0.15, 0.2) is 0 Å². The van der Waals surface area contributed by atoms with Gasteiger partial charge in [-0.2, -0.15) is 0 Å². The number of amides is 2. The van der Waals surface area contributed by atoms with Gasteiger partial charge in [-0.15, -0.1) is 11.3 Å². The zero-order valence-corrected chi connectivity index (χ0v) is 14.6. The van der Waals surface area contributed by atoms with Crippen LogP contribution in [0.25, 0.3) is 0 Å². The van der Waals surface area contributed by atoms with Crippen molar-refractivity contribution in [1.82, 2.24) is 9.88 Å². The lowest BCUT2D eigenvalue weighted by molar-refractivity contribution is -0.120. The summed E-state index contributed by atoms with van der Waals surface area (Å²) in [4.78, 5) is 32.3. The minimum absolute atomic E-state index is 0.245. The molecule has 1 saturated heterocycles. The van der Waals surface area contributed by atoms with Gasteiger partial charge in [-0.1, -0.05) is 12.1 Å². The zero-order valence-electron chi connectivity index (χ0n) is 13.8. The number of benzene rings is 1. The molecule has 1 unspecified atom stereocenters. The standard InChI is InChI=1S/C17H19FN4O2S/c1-21(16(23)12-10-25-15(20-12)6-8-19)14-7-9-22(17(14)24)13-5-3-2-4-11(13)18/h2-5,10,14H,6-9,19H2,1H3. The summed E-state index contributed by atoms with van der Waals surface area (Å²) >= 11 is 1.38. The maximum absolute atomic E-state index is 13.9. The lowest BCUT2D eigenvalue weighted by Crippen LogP contribution is -2.43. The van der Waals surface area contributed by atoms with Gasteiger partial charge in [-0.05, 0) is 25.1 Å². The number of carbonyl (C=O) groups is 2. The third-order valence-corrected chi connectivity index (χ3v) is 5.15. The van der Waals surface area contributed by atoms with Crippen LogP contribution in [0.15, 0.2) is 29.6 Å². The minimum atomic E-state index is -0.619. The van der Waals surface area contributed by atoms with E-state index >= 15 is 0 Å². The Labute approximate surface area is 149 Å². The van der Waals surface area contributed by atoms with Crippen LogP contribution in [0.1, 0.15) is 21.9 Å². The highest BCUT2D eigenvalue weighted by Crippen LogP contribution is 2.27. The van der Waals surface area contributed by atoms with Gasteiger partial charge in [0.25, 0.3) is 5.91 Å². The maximum atomic E-state index is 13.9. The number of nitrogens with two attached hydrogens (primary N) is 1. The largest absolute Gasteiger partial charge is 0.330 e. The molecule has 1 atom stereocenters. The number of nitrogens with zero attached hydrogens (tertiary/aromatic N) is 3. The van der Waals surface area contributed by atoms with E-state index in [4.69, 9.17) is 5.73 Å². The highest BCUT2D eigenvalue weighted by Gasteiger charge is 2.38. The van der Waals surface area contributed by atoms with Crippen molar-refractivity contribution in [1.29, 1.82) is 0 Å². The number of likely N-dealkylation sites (N-methyl/N-ethyl adjacent to an activating group) is 1. The molecule has 2 N–H and O–H groups in total. The number of para-hydroxylation sites is 1. The molecule has 2 aromatic rings. The number of aromatic nitrogens is 1. The van der Waals surface area contributed by atoms with E-state index in [1.54, 1.807) is 30.6 Å². The van der Waals surface area contributed by atoms with Crippen molar-refractivity contribution in [3.63, 3.8) is 0 Å². The van der Waals surface area contributed by atoms with E-state index in [1.807, 2.05) is 0 Å². The molecular formula is C17H19FN4O2S. The van der Waals surface area contributed by atoms with E-state index in [0.29, 0.717) is 31.6 Å². The first-order valence-electron chi connectivity index (χ1n) is 8.00. The molecule has 8 heteroatoms. The highest BCUT2D eigenvalue weighted by atomic mass is 32.1. The van der Waals surface area contributed by atoms with Gasteiger partial charge in [0.05, 0.1) is 10.7 Å². The van der Waals surface area contributed by atoms with Crippen LogP contribution < -0.4 is 10.6 Å². The number of rotatable bonds is 5. The van der Waals surface area contributed by atoms with E-state index in [9.17, 15) is 14.0 Å². The minimum Gasteiger partial charge on any atom is -0.330 e. The molecule has 0 radical (unpaired) electrons. The van der Waals surface area contributed by atoms with Crippen LogP contribution in [0.3, 0.4) is 0 Å². The monoisotopic (exact) mass is 362 g/mol. The predicted octanol–water partition coefficient (Wildman–Crippen LogP) is 1.66. The van der Waals surface area contributed by atoms with E-state index in [0.717, 1.165) is 5.01 Å². The van der Waals surface area contributed by atoms with Crippen molar-refractivity contribution < 1.29 is 14.0 Å². The topological polar surface area (TPSA) is 79.5 Å². The summed E-state index contributed by atoms with van der Waals surface area (Å²) in [6.07, 6.45) is 1.07. The van der Waals surface area contributed by atoms with Crippen LogP contribution in [0.5, 0.6) is 0 Å². The first-order valence-corrected chi connectivity index (χ1v) is 8.88. The summed E-state index contributed by atoms with van der Waals surface area (Å²) < 4.78 is 13.9. The molecule has 1 aliphatic heterocycles. The molecule has 0 saturated carbocycles. The Morgan fingerprint density at radius 2 is 2.24 bits per heavy atom. The summed E-state index contributed by atoms with van der Waals surface area (Å²) in [5, 5.41) is 2.47. The van der Waals surface area contributed by atoms with Crippen LogP contribution in [0.2, 0.25) is 0 Å². The average Bonchev–Trinajstić information content (AvgIpc) is 3.21. The molecule has 25 heavy (non-hydrogen) atoms. The molecule has 1 aromatic heterocycles. The summed E-state index contributed by atoms with van der Waals surface area (Å²) in [5.41, 5.74) is 6.05. The van der Waals surface area contributed by atoms with E-state index in [1.165, 1.54) is 27.2 Å². The normalized spacial score (nSPS) is 17.2. The Bertz CT molecular complexity index is 794. The number of hydrogen-bond acceptors (Lipinski definition) is 5. The third kappa shape index (κ3) is 3.40. The van der Waals surface area contributed by atoms with Crippen LogP contribution in [-0.2, 0) is 11.2 Å². The van der Waals surface area contributed by atoms with E-state index in [2.05, 4.69) is 4.98 Å². The van der Waals surface area contributed by atoms with Crippen molar-refractivity contribution in [3.8, 4) is 0 Å². The van der Waals surface area contributed by atoms with Crippen molar-refractivity contribution in [3.05, 3.63) is 46.2 Å². The van der Waals surface area contributed by atoms with Crippen molar-refractivity contribution in [2.24, 2.45) is 5.73 Å². The van der Waals surface area contributed by atoms with Crippen molar-refractivity contribution in [2.45, 2.75) is 18.9 Å². The number of anilines is 1. The predicted molar refractivity (Wildman–Crippen MR) is 94.1 cm³/mol. The molecule has 0 aliphatic carbocycles. The molecule has 2 amide bonds. The second-order valence-corrected chi connectivity index (χ2v) is 6.77. The van der Waals surface area contributed by atoms with Gasteiger partial charge >= 0.3 is 0 Å². The number of carbonyl (C=O) groups excluding carboxylic acids is 2. The van der Waals surface area contributed by atoms with Gasteiger partial charge in [-0.3, -0.25) is 9.59 Å². The molecule has 132 valence electrons. The fourth-order valence-corrected chi connectivity index (χ4v) is 3.69. The van der Waals surface area contributed by atoms with Crippen LogP contribution >= 0.6 is 11.3 Å².